The van der Waals surface area contributed by atoms with Crippen molar-refractivity contribution in [1.82, 2.24) is 0 Å². The third-order valence-electron chi connectivity index (χ3n) is 3.86. The van der Waals surface area contributed by atoms with Crippen molar-refractivity contribution in [1.29, 1.82) is 0 Å². The number of fused-ring (bicyclic) bond motifs is 1. The van der Waals surface area contributed by atoms with Crippen molar-refractivity contribution >= 4 is 28.3 Å². The maximum atomic E-state index is 12.5. The summed E-state index contributed by atoms with van der Waals surface area (Å²) in [6.45, 7) is 1.85. The van der Waals surface area contributed by atoms with Crippen LogP contribution in [0.5, 0.6) is 5.75 Å². The van der Waals surface area contributed by atoms with Crippen LogP contribution in [-0.4, -0.2) is 39.4 Å². The van der Waals surface area contributed by atoms with Crippen LogP contribution in [-0.2, 0) is 9.47 Å². The Morgan fingerprint density at radius 2 is 1.89 bits per heavy atom. The van der Waals surface area contributed by atoms with Gasteiger partial charge in [0.1, 0.15) is 6.61 Å². The lowest BCUT2D eigenvalue weighted by atomic mass is 10.2. The molecule has 0 aliphatic rings. The molecule has 0 atom stereocenters. The summed E-state index contributed by atoms with van der Waals surface area (Å²) in [4.78, 5) is 12.5. The number of nitrogen functional groups attached to an aromatic ring is 1. The second kappa shape index (κ2) is 9.07. The number of carbonyl (C=O) groups is 1. The molecular weight excluding hydrogens is 348 g/mol. The zero-order chi connectivity index (χ0) is 19.1. The number of hydrogen-bond acceptors (Lipinski definition) is 6. The van der Waals surface area contributed by atoms with E-state index in [4.69, 9.17) is 24.4 Å². The van der Waals surface area contributed by atoms with E-state index in [1.807, 2.05) is 12.1 Å². The molecule has 0 saturated carbocycles. The number of methoxy groups -OCH3 is 1. The molecule has 27 heavy (non-hydrogen) atoms. The summed E-state index contributed by atoms with van der Waals surface area (Å²) in [7, 11) is 1.62. The maximum absolute atomic E-state index is 12.5. The van der Waals surface area contributed by atoms with Crippen molar-refractivity contribution in [2.45, 2.75) is 0 Å². The molecule has 0 radical (unpaired) electrons. The molecule has 1 heterocycles. The minimum absolute atomic E-state index is 0.181. The van der Waals surface area contributed by atoms with Crippen molar-refractivity contribution in [3.05, 3.63) is 54.3 Å². The highest BCUT2D eigenvalue weighted by atomic mass is 16.5. The van der Waals surface area contributed by atoms with Crippen LogP contribution in [0.1, 0.15) is 10.6 Å². The first kappa shape index (κ1) is 18.8. The molecule has 2 aromatic carbocycles. The van der Waals surface area contributed by atoms with Gasteiger partial charge in [-0.25, -0.2) is 0 Å². The molecule has 0 saturated heterocycles. The van der Waals surface area contributed by atoms with Gasteiger partial charge >= 0.3 is 0 Å². The highest BCUT2D eigenvalue weighted by Gasteiger charge is 2.16. The van der Waals surface area contributed by atoms with E-state index in [-0.39, 0.29) is 11.7 Å². The zero-order valence-corrected chi connectivity index (χ0v) is 15.1. The summed E-state index contributed by atoms with van der Waals surface area (Å²) in [5, 5.41) is 3.53. The Bertz CT molecular complexity index is 906. The molecule has 7 nitrogen and oxygen atoms in total. The Kier molecular flexibility index (Phi) is 6.30. The summed E-state index contributed by atoms with van der Waals surface area (Å²) in [6, 6.07) is 14.2. The minimum atomic E-state index is -0.377. The number of ether oxygens (including phenoxy) is 3. The number of benzene rings is 2. The van der Waals surface area contributed by atoms with Crippen LogP contribution in [0.3, 0.4) is 0 Å². The van der Waals surface area contributed by atoms with Crippen LogP contribution in [0, 0.1) is 0 Å². The van der Waals surface area contributed by atoms with Gasteiger partial charge in [0.25, 0.3) is 5.91 Å². The molecule has 0 aliphatic heterocycles. The van der Waals surface area contributed by atoms with Crippen molar-refractivity contribution in [3.8, 4) is 5.75 Å². The first-order valence-corrected chi connectivity index (χ1v) is 8.57. The van der Waals surface area contributed by atoms with E-state index in [1.54, 1.807) is 43.5 Å². The summed E-state index contributed by atoms with van der Waals surface area (Å²) in [5.41, 5.74) is 7.39. The number of hydrogen-bond donors (Lipinski definition) is 2. The Morgan fingerprint density at radius 3 is 2.70 bits per heavy atom. The number of nitrogens with two attached hydrogens (primary N) is 1. The van der Waals surface area contributed by atoms with Gasteiger partial charge in [0.2, 0.25) is 0 Å². The molecular formula is C20H22N2O5. The largest absolute Gasteiger partial charge is 0.487 e. The lowest BCUT2D eigenvalue weighted by molar-refractivity contribution is 0.0545. The summed E-state index contributed by atoms with van der Waals surface area (Å²) in [6.07, 6.45) is 0. The quantitative estimate of drug-likeness (QED) is 0.443. The van der Waals surface area contributed by atoms with Crippen molar-refractivity contribution in [3.63, 3.8) is 0 Å². The van der Waals surface area contributed by atoms with Gasteiger partial charge in [0.15, 0.2) is 17.1 Å². The second-order valence-electron chi connectivity index (χ2n) is 5.78. The van der Waals surface area contributed by atoms with E-state index in [1.165, 1.54) is 0 Å². The molecule has 0 fully saturated rings. The summed E-state index contributed by atoms with van der Waals surface area (Å²) >= 11 is 0. The van der Waals surface area contributed by atoms with E-state index < -0.39 is 0 Å². The standard InChI is InChI=1S/C20H22N2O5/c1-24-9-10-25-11-12-26-17-8-4-5-14-13-18(27-19(14)17)20(23)22-16-7-3-2-6-15(16)21/h2-8,13H,9-12,21H2,1H3,(H,22,23). The van der Waals surface area contributed by atoms with Gasteiger partial charge < -0.3 is 29.7 Å². The third-order valence-corrected chi connectivity index (χ3v) is 3.86. The van der Waals surface area contributed by atoms with Gasteiger partial charge in [0.05, 0.1) is 31.2 Å². The smallest absolute Gasteiger partial charge is 0.291 e. The summed E-state index contributed by atoms with van der Waals surface area (Å²) in [5.74, 6) is 0.361. The van der Waals surface area contributed by atoms with Gasteiger partial charge in [-0.3, -0.25) is 4.79 Å². The molecule has 3 rings (SSSR count). The number of amides is 1. The van der Waals surface area contributed by atoms with Gasteiger partial charge in [-0.05, 0) is 24.3 Å². The maximum Gasteiger partial charge on any atom is 0.291 e. The van der Waals surface area contributed by atoms with Crippen LogP contribution in [0.2, 0.25) is 0 Å². The Balaban J connectivity index is 1.68. The molecule has 0 aliphatic carbocycles. The number of rotatable bonds is 9. The molecule has 7 heteroatoms. The van der Waals surface area contributed by atoms with Gasteiger partial charge in [-0.2, -0.15) is 0 Å². The predicted octanol–water partition coefficient (Wildman–Crippen LogP) is 3.31. The van der Waals surface area contributed by atoms with E-state index in [0.717, 1.165) is 5.39 Å². The Hall–Kier alpha value is -3.03. The topological polar surface area (TPSA) is 96.0 Å². The van der Waals surface area contributed by atoms with Gasteiger partial charge in [-0.1, -0.05) is 24.3 Å². The van der Waals surface area contributed by atoms with Crippen LogP contribution in [0.15, 0.2) is 52.9 Å². The first-order valence-electron chi connectivity index (χ1n) is 8.57. The molecule has 3 N–H and O–H groups in total. The fraction of sp³-hybridized carbons (Fsp3) is 0.250. The SMILES string of the molecule is COCCOCCOc1cccc2cc(C(=O)Nc3ccccc3N)oc12. The molecule has 1 aromatic heterocycles. The Morgan fingerprint density at radius 1 is 1.07 bits per heavy atom. The second-order valence-corrected chi connectivity index (χ2v) is 5.78. The highest BCUT2D eigenvalue weighted by Crippen LogP contribution is 2.29. The van der Waals surface area contributed by atoms with Crippen LogP contribution in [0.25, 0.3) is 11.0 Å². The van der Waals surface area contributed by atoms with Crippen LogP contribution >= 0.6 is 0 Å². The lowest BCUT2D eigenvalue weighted by Gasteiger charge is -2.07. The van der Waals surface area contributed by atoms with Gasteiger partial charge in [-0.15, -0.1) is 0 Å². The fourth-order valence-corrected chi connectivity index (χ4v) is 2.51. The average Bonchev–Trinajstić information content (AvgIpc) is 3.11. The van der Waals surface area contributed by atoms with Crippen LogP contribution < -0.4 is 15.8 Å². The fourth-order valence-electron chi connectivity index (χ4n) is 2.51. The van der Waals surface area contributed by atoms with Crippen molar-refractivity contribution in [2.75, 3.05) is 44.6 Å². The number of furan rings is 1. The average molecular weight is 370 g/mol. The lowest BCUT2D eigenvalue weighted by Crippen LogP contribution is -2.12. The van der Waals surface area contributed by atoms with Crippen molar-refractivity contribution in [2.24, 2.45) is 0 Å². The van der Waals surface area contributed by atoms with E-state index in [9.17, 15) is 4.79 Å². The normalized spacial score (nSPS) is 10.9. The molecule has 0 spiro atoms. The molecule has 0 bridgehead atoms. The van der Waals surface area contributed by atoms with Gasteiger partial charge in [0, 0.05) is 12.5 Å². The Labute approximate surface area is 157 Å². The first-order chi connectivity index (χ1) is 13.2. The number of anilines is 2. The minimum Gasteiger partial charge on any atom is -0.487 e. The number of carbonyl (C=O) groups excluding carboxylic acids is 1. The molecule has 1 amide bonds. The van der Waals surface area contributed by atoms with E-state index >= 15 is 0 Å². The summed E-state index contributed by atoms with van der Waals surface area (Å²) < 4.78 is 21.7. The zero-order valence-electron chi connectivity index (χ0n) is 15.1. The third kappa shape index (κ3) is 4.78. The van der Waals surface area contributed by atoms with E-state index in [0.29, 0.717) is 49.1 Å². The van der Waals surface area contributed by atoms with Crippen LogP contribution in [0.4, 0.5) is 11.4 Å². The predicted molar refractivity (Wildman–Crippen MR) is 103 cm³/mol. The molecule has 3 aromatic rings. The number of nitrogens with one attached hydrogen (secondary N) is 1. The number of para-hydroxylation sites is 3. The van der Waals surface area contributed by atoms with E-state index in [2.05, 4.69) is 5.32 Å². The monoisotopic (exact) mass is 370 g/mol. The molecule has 142 valence electrons. The molecule has 0 unspecified atom stereocenters. The highest BCUT2D eigenvalue weighted by molar-refractivity contribution is 6.06. The van der Waals surface area contributed by atoms with Crippen molar-refractivity contribution < 1.29 is 23.4 Å².